The first-order valence-electron chi connectivity index (χ1n) is 4.12. The van der Waals surface area contributed by atoms with Gasteiger partial charge in [0.25, 0.3) is 0 Å². The molecule has 68 valence electrons. The summed E-state index contributed by atoms with van der Waals surface area (Å²) in [5.41, 5.74) is 1.34. The Balaban J connectivity index is 2.77. The first-order chi connectivity index (χ1) is 6.25. The molecule has 2 heteroatoms. The number of halogens is 1. The second-order valence-corrected chi connectivity index (χ2v) is 2.80. The first kappa shape index (κ1) is 9.65. The molecule has 0 unspecified atom stereocenters. The minimum absolute atomic E-state index is 0.406. The molecule has 0 N–H and O–H groups in total. The van der Waals surface area contributed by atoms with Crippen molar-refractivity contribution in [3.63, 3.8) is 0 Å². The molecule has 0 spiro atoms. The number of rotatable bonds is 3. The third-order valence-electron chi connectivity index (χ3n) is 1.89. The van der Waals surface area contributed by atoms with Gasteiger partial charge < -0.3 is 0 Å². The van der Waals surface area contributed by atoms with Crippen molar-refractivity contribution in [2.24, 2.45) is 4.99 Å². The number of allylic oxidation sites excluding steroid dienone is 6. The molecule has 1 aliphatic carbocycles. The highest BCUT2D eigenvalue weighted by atomic mass is 19.1. The number of hydrogen-bond donors (Lipinski definition) is 0. The number of aliphatic imine (C=N–C) groups is 1. The minimum Gasteiger partial charge on any atom is -0.269 e. The zero-order valence-electron chi connectivity index (χ0n) is 7.46. The van der Waals surface area contributed by atoms with Crippen molar-refractivity contribution in [3.8, 4) is 0 Å². The normalized spacial score (nSPS) is 16.7. The lowest BCUT2D eigenvalue weighted by atomic mass is 9.98. The van der Waals surface area contributed by atoms with Crippen LogP contribution in [-0.4, -0.2) is 6.72 Å². The predicted molar refractivity (Wildman–Crippen MR) is 54.3 cm³/mol. The molecular formula is C11H12FN. The molecule has 0 heterocycles. The summed E-state index contributed by atoms with van der Waals surface area (Å²) in [5, 5.41) is 0. The van der Waals surface area contributed by atoms with Crippen LogP contribution in [0.1, 0.15) is 12.8 Å². The van der Waals surface area contributed by atoms with Crippen LogP contribution in [0.15, 0.2) is 53.0 Å². The molecule has 0 aromatic rings. The molecule has 1 nitrogen and oxygen atoms in total. The predicted octanol–water partition coefficient (Wildman–Crippen LogP) is 3.33. The van der Waals surface area contributed by atoms with Gasteiger partial charge in [-0.3, -0.25) is 4.99 Å². The number of hydrogen-bond acceptors (Lipinski definition) is 1. The minimum atomic E-state index is -0.406. The van der Waals surface area contributed by atoms with Crippen LogP contribution in [0.3, 0.4) is 0 Å². The first-order valence-corrected chi connectivity index (χ1v) is 4.12. The van der Waals surface area contributed by atoms with Crippen molar-refractivity contribution in [2.75, 3.05) is 0 Å². The highest BCUT2D eigenvalue weighted by Crippen LogP contribution is 2.25. The smallest absolute Gasteiger partial charge is 0.148 e. The van der Waals surface area contributed by atoms with Crippen LogP contribution in [-0.2, 0) is 0 Å². The topological polar surface area (TPSA) is 12.4 Å². The summed E-state index contributed by atoms with van der Waals surface area (Å²) >= 11 is 0. The Kier molecular flexibility index (Phi) is 3.38. The molecular weight excluding hydrogens is 165 g/mol. The fourth-order valence-electron chi connectivity index (χ4n) is 1.17. The van der Waals surface area contributed by atoms with E-state index in [0.29, 0.717) is 5.57 Å². The Morgan fingerprint density at radius 1 is 1.62 bits per heavy atom. The van der Waals surface area contributed by atoms with Gasteiger partial charge in [0.2, 0.25) is 0 Å². The summed E-state index contributed by atoms with van der Waals surface area (Å²) in [6.45, 7) is 6.85. The standard InChI is InChI=1S/C11H12FN/c1-9(11(12)8-13-2)10-6-4-3-5-7-10/h3-4,6,8H,1-2,5,7H2/b11-8+. The van der Waals surface area contributed by atoms with Gasteiger partial charge in [0.1, 0.15) is 5.83 Å². The van der Waals surface area contributed by atoms with Gasteiger partial charge in [-0.15, -0.1) is 0 Å². The fraction of sp³-hybridized carbons (Fsp3) is 0.182. The van der Waals surface area contributed by atoms with Crippen molar-refractivity contribution < 1.29 is 4.39 Å². The summed E-state index contributed by atoms with van der Waals surface area (Å²) in [6, 6.07) is 0. The molecule has 0 aromatic heterocycles. The van der Waals surface area contributed by atoms with Crippen molar-refractivity contribution in [3.05, 3.63) is 48.0 Å². The molecule has 0 aliphatic heterocycles. The average molecular weight is 177 g/mol. The SMILES string of the molecule is C=N/C=C(/F)C(=C)C1=CC=CCC1. The molecule has 0 atom stereocenters. The highest BCUT2D eigenvalue weighted by molar-refractivity contribution is 5.44. The van der Waals surface area contributed by atoms with E-state index < -0.39 is 5.83 Å². The Morgan fingerprint density at radius 3 is 2.92 bits per heavy atom. The Morgan fingerprint density at radius 2 is 2.38 bits per heavy atom. The lowest BCUT2D eigenvalue weighted by Crippen LogP contribution is -1.92. The zero-order chi connectivity index (χ0) is 9.68. The van der Waals surface area contributed by atoms with E-state index in [-0.39, 0.29) is 0 Å². The summed E-state index contributed by atoms with van der Waals surface area (Å²) in [4.78, 5) is 3.36. The summed E-state index contributed by atoms with van der Waals surface area (Å²) < 4.78 is 13.1. The van der Waals surface area contributed by atoms with Crippen molar-refractivity contribution in [1.82, 2.24) is 0 Å². The van der Waals surface area contributed by atoms with E-state index in [0.717, 1.165) is 24.6 Å². The van der Waals surface area contributed by atoms with Crippen LogP contribution in [0.2, 0.25) is 0 Å². The number of nitrogens with zero attached hydrogens (tertiary/aromatic N) is 1. The average Bonchev–Trinajstić information content (AvgIpc) is 2.18. The van der Waals surface area contributed by atoms with Crippen LogP contribution in [0.25, 0.3) is 0 Å². The Hall–Kier alpha value is -1.44. The molecule has 1 aliphatic rings. The van der Waals surface area contributed by atoms with E-state index in [4.69, 9.17) is 0 Å². The monoisotopic (exact) mass is 177 g/mol. The second-order valence-electron chi connectivity index (χ2n) is 2.80. The lowest BCUT2D eigenvalue weighted by molar-refractivity contribution is 0.649. The highest BCUT2D eigenvalue weighted by Gasteiger charge is 2.08. The summed E-state index contributed by atoms with van der Waals surface area (Å²) in [6.07, 6.45) is 8.71. The van der Waals surface area contributed by atoms with Gasteiger partial charge in [0.05, 0.1) is 6.20 Å². The quantitative estimate of drug-likeness (QED) is 0.463. The van der Waals surface area contributed by atoms with Gasteiger partial charge in [-0.2, -0.15) is 0 Å². The molecule has 1 rings (SSSR count). The molecule has 0 radical (unpaired) electrons. The third kappa shape index (κ3) is 2.51. The van der Waals surface area contributed by atoms with E-state index in [2.05, 4.69) is 18.3 Å². The Labute approximate surface area is 77.7 Å². The summed E-state index contributed by atoms with van der Waals surface area (Å²) in [7, 11) is 0. The molecule has 0 aromatic carbocycles. The fourth-order valence-corrected chi connectivity index (χ4v) is 1.17. The molecule has 0 saturated carbocycles. The van der Waals surface area contributed by atoms with E-state index in [1.165, 1.54) is 0 Å². The maximum Gasteiger partial charge on any atom is 0.148 e. The molecule has 13 heavy (non-hydrogen) atoms. The lowest BCUT2D eigenvalue weighted by Gasteiger charge is -2.09. The van der Waals surface area contributed by atoms with Gasteiger partial charge in [0.15, 0.2) is 0 Å². The van der Waals surface area contributed by atoms with Crippen LogP contribution >= 0.6 is 0 Å². The van der Waals surface area contributed by atoms with Crippen LogP contribution in [0.4, 0.5) is 4.39 Å². The van der Waals surface area contributed by atoms with Crippen LogP contribution < -0.4 is 0 Å². The molecule has 0 amide bonds. The van der Waals surface area contributed by atoms with Gasteiger partial charge >= 0.3 is 0 Å². The maximum atomic E-state index is 13.1. The second kappa shape index (κ2) is 4.55. The van der Waals surface area contributed by atoms with Crippen molar-refractivity contribution >= 4 is 6.72 Å². The van der Waals surface area contributed by atoms with Gasteiger partial charge in [-0.05, 0) is 25.1 Å². The van der Waals surface area contributed by atoms with Crippen molar-refractivity contribution in [2.45, 2.75) is 12.8 Å². The summed E-state index contributed by atoms with van der Waals surface area (Å²) in [5.74, 6) is -0.406. The maximum absolute atomic E-state index is 13.1. The van der Waals surface area contributed by atoms with Crippen LogP contribution in [0.5, 0.6) is 0 Å². The molecule has 0 fully saturated rings. The van der Waals surface area contributed by atoms with E-state index in [1.807, 2.05) is 18.2 Å². The van der Waals surface area contributed by atoms with Gasteiger partial charge in [-0.25, -0.2) is 4.39 Å². The largest absolute Gasteiger partial charge is 0.269 e. The molecule has 0 bridgehead atoms. The zero-order valence-corrected chi connectivity index (χ0v) is 7.46. The van der Waals surface area contributed by atoms with E-state index in [9.17, 15) is 4.39 Å². The van der Waals surface area contributed by atoms with Crippen LogP contribution in [0, 0.1) is 0 Å². The third-order valence-corrected chi connectivity index (χ3v) is 1.89. The molecule has 0 saturated heterocycles. The van der Waals surface area contributed by atoms with Gasteiger partial charge in [-0.1, -0.05) is 24.8 Å². The van der Waals surface area contributed by atoms with Crippen molar-refractivity contribution in [1.29, 1.82) is 0 Å². The van der Waals surface area contributed by atoms with E-state index in [1.54, 1.807) is 0 Å². The van der Waals surface area contributed by atoms with E-state index >= 15 is 0 Å². The van der Waals surface area contributed by atoms with Gasteiger partial charge in [0, 0.05) is 5.57 Å². The Bertz CT molecular complexity index is 308.